The molecule has 1 N–H and O–H groups in total. The fourth-order valence-electron chi connectivity index (χ4n) is 3.97. The monoisotopic (exact) mass is 415 g/mol. The Morgan fingerprint density at radius 3 is 2.33 bits per heavy atom. The third kappa shape index (κ3) is 11.4. The zero-order valence-corrected chi connectivity index (χ0v) is 20.5. The minimum absolute atomic E-state index is 0.0135. The fourth-order valence-corrected chi connectivity index (χ4v) is 3.97. The number of carbonyl (C=O) groups excluding carboxylic acids is 1. The van der Waals surface area contributed by atoms with E-state index in [2.05, 4.69) is 52.7 Å². The van der Waals surface area contributed by atoms with Crippen LogP contribution in [0.1, 0.15) is 93.4 Å². The summed E-state index contributed by atoms with van der Waals surface area (Å²) in [6.45, 7) is 15.0. The van der Waals surface area contributed by atoms with Crippen LogP contribution in [0.15, 0.2) is 35.5 Å². The van der Waals surface area contributed by atoms with Crippen molar-refractivity contribution in [2.24, 2.45) is 5.41 Å². The zero-order chi connectivity index (χ0) is 23.2. The molecule has 170 valence electrons. The number of nitrogens with zero attached hydrogens (tertiary/aromatic N) is 1. The summed E-state index contributed by atoms with van der Waals surface area (Å²) in [6.07, 6.45) is 19.6. The minimum Gasteiger partial charge on any atom is -0.393 e. The van der Waals surface area contributed by atoms with Crippen LogP contribution >= 0.6 is 0 Å². The highest BCUT2D eigenvalue weighted by molar-refractivity contribution is 5.74. The van der Waals surface area contributed by atoms with Crippen LogP contribution in [-0.4, -0.2) is 34.6 Å². The Bertz CT molecular complexity index is 636. The number of carbonyl (C=O) groups is 1. The van der Waals surface area contributed by atoms with Gasteiger partial charge in [0.25, 0.3) is 0 Å². The van der Waals surface area contributed by atoms with Crippen LogP contribution in [-0.2, 0) is 4.79 Å². The van der Waals surface area contributed by atoms with Crippen LogP contribution in [0.2, 0.25) is 0 Å². The molecule has 0 saturated carbocycles. The predicted molar refractivity (Wildman–Crippen MR) is 130 cm³/mol. The molecule has 0 radical (unpaired) electrons. The van der Waals surface area contributed by atoms with Gasteiger partial charge < -0.3 is 10.0 Å². The topological polar surface area (TPSA) is 40.5 Å². The van der Waals surface area contributed by atoms with Gasteiger partial charge in [-0.15, -0.1) is 6.42 Å². The minimum atomic E-state index is -0.354. The highest BCUT2D eigenvalue weighted by atomic mass is 16.3. The van der Waals surface area contributed by atoms with Gasteiger partial charge in [0.1, 0.15) is 0 Å². The Balaban J connectivity index is 5.32. The molecule has 0 aliphatic carbocycles. The molecule has 0 aromatic rings. The number of unbranched alkanes of at least 4 members (excludes halogenated alkanes) is 1. The van der Waals surface area contributed by atoms with E-state index in [1.807, 2.05) is 17.9 Å². The lowest BCUT2D eigenvalue weighted by Crippen LogP contribution is -2.41. The summed E-state index contributed by atoms with van der Waals surface area (Å²) >= 11 is 0. The molecule has 0 spiro atoms. The summed E-state index contributed by atoms with van der Waals surface area (Å²) in [7, 11) is 0. The number of hydrogen-bond acceptors (Lipinski definition) is 2. The lowest BCUT2D eigenvalue weighted by Gasteiger charge is -2.36. The van der Waals surface area contributed by atoms with E-state index in [1.54, 1.807) is 13.0 Å². The molecule has 3 heteroatoms. The molecule has 0 aromatic carbocycles. The van der Waals surface area contributed by atoms with Gasteiger partial charge in [0.05, 0.1) is 12.1 Å². The number of aliphatic hydroxyl groups is 1. The number of rotatable bonds is 14. The molecule has 30 heavy (non-hydrogen) atoms. The molecule has 3 unspecified atom stereocenters. The summed E-state index contributed by atoms with van der Waals surface area (Å²) in [5.74, 6) is 2.63. The number of amides is 1. The Kier molecular flexibility index (Phi) is 14.2. The van der Waals surface area contributed by atoms with E-state index in [0.717, 1.165) is 44.9 Å². The van der Waals surface area contributed by atoms with E-state index in [9.17, 15) is 9.90 Å². The molecule has 3 nitrogen and oxygen atoms in total. The van der Waals surface area contributed by atoms with Crippen molar-refractivity contribution in [3.63, 3.8) is 0 Å². The molecular weight excluding hydrogens is 370 g/mol. The van der Waals surface area contributed by atoms with Crippen molar-refractivity contribution < 1.29 is 9.90 Å². The van der Waals surface area contributed by atoms with Crippen LogP contribution in [0, 0.1) is 17.8 Å². The Morgan fingerprint density at radius 1 is 1.17 bits per heavy atom. The van der Waals surface area contributed by atoms with Crippen molar-refractivity contribution >= 4 is 5.91 Å². The molecule has 0 saturated heterocycles. The van der Waals surface area contributed by atoms with Crippen molar-refractivity contribution in [1.29, 1.82) is 0 Å². The molecule has 0 aliphatic rings. The highest BCUT2D eigenvalue weighted by Crippen LogP contribution is 2.34. The maximum atomic E-state index is 12.5. The van der Waals surface area contributed by atoms with E-state index < -0.39 is 0 Å². The summed E-state index contributed by atoms with van der Waals surface area (Å²) in [5.41, 5.74) is 2.60. The Hall–Kier alpha value is -1.79. The molecular formula is C27H45NO2. The smallest absolute Gasteiger partial charge is 0.219 e. The molecule has 0 aromatic heterocycles. The van der Waals surface area contributed by atoms with E-state index in [-0.39, 0.29) is 23.5 Å². The first-order valence-electron chi connectivity index (χ1n) is 11.5. The van der Waals surface area contributed by atoms with Gasteiger partial charge >= 0.3 is 0 Å². The van der Waals surface area contributed by atoms with E-state index >= 15 is 0 Å². The lowest BCUT2D eigenvalue weighted by molar-refractivity contribution is -0.130. The summed E-state index contributed by atoms with van der Waals surface area (Å²) in [6, 6.07) is 0.0720. The molecule has 1 amide bonds. The van der Waals surface area contributed by atoms with E-state index in [4.69, 9.17) is 6.42 Å². The Labute approximate surface area is 186 Å². The van der Waals surface area contributed by atoms with Gasteiger partial charge in [0.2, 0.25) is 5.91 Å². The standard InChI is InChI=1S/C27H45NO2/c1-9-12-13-14-15-18-27(8,21-23(5)29)19-20-28(25(7)30)24(6)26(11-3)17-16-22(4)10-2/h1,12-13,16-17,23-24,29H,10-11,14-15,18-21H2,2-8H3. The summed E-state index contributed by atoms with van der Waals surface area (Å²) < 4.78 is 0. The molecule has 3 atom stereocenters. The largest absolute Gasteiger partial charge is 0.393 e. The van der Waals surface area contributed by atoms with Crippen molar-refractivity contribution in [3.8, 4) is 12.3 Å². The Morgan fingerprint density at radius 2 is 1.83 bits per heavy atom. The first-order valence-corrected chi connectivity index (χ1v) is 11.5. The predicted octanol–water partition coefficient (Wildman–Crippen LogP) is 6.44. The molecule has 0 heterocycles. The van der Waals surface area contributed by atoms with Crippen LogP contribution in [0.5, 0.6) is 0 Å². The quantitative estimate of drug-likeness (QED) is 0.201. The van der Waals surface area contributed by atoms with Gasteiger partial charge in [-0.3, -0.25) is 4.79 Å². The third-order valence-corrected chi connectivity index (χ3v) is 6.07. The lowest BCUT2D eigenvalue weighted by atomic mass is 9.77. The maximum Gasteiger partial charge on any atom is 0.219 e. The van der Waals surface area contributed by atoms with Crippen molar-refractivity contribution in [2.45, 2.75) is 106 Å². The van der Waals surface area contributed by atoms with Crippen LogP contribution in [0.3, 0.4) is 0 Å². The van der Waals surface area contributed by atoms with Crippen LogP contribution in [0.25, 0.3) is 0 Å². The second kappa shape index (κ2) is 15.1. The van der Waals surface area contributed by atoms with Crippen molar-refractivity contribution in [1.82, 2.24) is 4.90 Å². The average Bonchev–Trinajstić information content (AvgIpc) is 2.67. The first-order chi connectivity index (χ1) is 14.1. The normalized spacial score (nSPS) is 16.8. The number of hydrogen-bond donors (Lipinski definition) is 1. The highest BCUT2D eigenvalue weighted by Gasteiger charge is 2.28. The third-order valence-electron chi connectivity index (χ3n) is 6.07. The maximum absolute atomic E-state index is 12.5. The number of terminal acetylenes is 1. The second-order valence-electron chi connectivity index (χ2n) is 8.93. The van der Waals surface area contributed by atoms with Gasteiger partial charge in [0, 0.05) is 13.5 Å². The number of aliphatic hydroxyl groups excluding tert-OH is 1. The SMILES string of the molecule is C#CC=CCCCC(C)(CCN(C(C)=O)C(C)C(=CC=C(C)CC)CC)CC(C)O. The molecule has 0 rings (SSSR count). The second-order valence-corrected chi connectivity index (χ2v) is 8.93. The van der Waals surface area contributed by atoms with E-state index in [1.165, 1.54) is 11.1 Å². The summed E-state index contributed by atoms with van der Waals surface area (Å²) in [4.78, 5) is 14.5. The van der Waals surface area contributed by atoms with Crippen molar-refractivity contribution in [3.05, 3.63) is 35.5 Å². The van der Waals surface area contributed by atoms with Gasteiger partial charge in [-0.1, -0.05) is 50.5 Å². The molecule has 0 bridgehead atoms. The van der Waals surface area contributed by atoms with E-state index in [0.29, 0.717) is 6.54 Å². The van der Waals surface area contributed by atoms with Gasteiger partial charge in [-0.2, -0.15) is 0 Å². The number of allylic oxidation sites excluding steroid dienone is 5. The molecule has 0 fully saturated rings. The summed E-state index contributed by atoms with van der Waals surface area (Å²) in [5, 5.41) is 10.0. The average molecular weight is 416 g/mol. The van der Waals surface area contributed by atoms with Gasteiger partial charge in [0.15, 0.2) is 0 Å². The van der Waals surface area contributed by atoms with Crippen LogP contribution < -0.4 is 0 Å². The van der Waals surface area contributed by atoms with Gasteiger partial charge in [-0.25, -0.2) is 0 Å². The fraction of sp³-hybridized carbons (Fsp3) is 0.667. The zero-order valence-electron chi connectivity index (χ0n) is 20.5. The first kappa shape index (κ1) is 28.2. The van der Waals surface area contributed by atoms with Gasteiger partial charge in [-0.05, 0) is 82.8 Å². The van der Waals surface area contributed by atoms with Crippen molar-refractivity contribution in [2.75, 3.05) is 6.54 Å². The van der Waals surface area contributed by atoms with Crippen LogP contribution in [0.4, 0.5) is 0 Å². The molecule has 0 aliphatic heterocycles.